The van der Waals surface area contributed by atoms with E-state index < -0.39 is 6.03 Å². The molecule has 1 aliphatic rings. The van der Waals surface area contributed by atoms with Crippen molar-refractivity contribution in [2.75, 3.05) is 13.1 Å². The van der Waals surface area contributed by atoms with Crippen molar-refractivity contribution < 1.29 is 4.79 Å². The van der Waals surface area contributed by atoms with E-state index >= 15 is 0 Å². The minimum Gasteiger partial charge on any atom is -0.352 e. The molecule has 2 amide bonds. The lowest BCUT2D eigenvalue weighted by atomic mass is 9.88. The third-order valence-corrected chi connectivity index (χ3v) is 6.04. The normalized spacial score (nSPS) is 19.6. The van der Waals surface area contributed by atoms with Crippen LogP contribution in [0.15, 0.2) is 24.5 Å². The van der Waals surface area contributed by atoms with Gasteiger partial charge in [0, 0.05) is 18.9 Å². The highest BCUT2D eigenvalue weighted by Gasteiger charge is 2.35. The average Bonchev–Trinajstić information content (AvgIpc) is 2.68. The van der Waals surface area contributed by atoms with Gasteiger partial charge in [0.2, 0.25) is 0 Å². The van der Waals surface area contributed by atoms with Crippen LogP contribution in [-0.2, 0) is 0 Å². The molecule has 0 aromatic carbocycles. The summed E-state index contributed by atoms with van der Waals surface area (Å²) in [7, 11) is 0. The van der Waals surface area contributed by atoms with Crippen LogP contribution in [0.4, 0.5) is 4.79 Å². The number of urea groups is 1. The Morgan fingerprint density at radius 2 is 1.53 bits per heavy atom. The molecule has 3 rings (SSSR count). The Bertz CT molecular complexity index is 822. The summed E-state index contributed by atoms with van der Waals surface area (Å²) in [5.74, 6) is 0. The summed E-state index contributed by atoms with van der Waals surface area (Å²) < 4.78 is 0. The first kappa shape index (κ1) is 22.2. The van der Waals surface area contributed by atoms with Crippen LogP contribution in [-0.4, -0.2) is 34.0 Å². The number of aryl methyl sites for hydroxylation is 4. The number of pyridine rings is 2. The Balaban J connectivity index is 1.87. The standard InChI is InChI=1S/C24H35N5O/c1-16-12-18(3)22(27-14-16)20-8-7-9-21(23-19(4)13-17(2)15-28-23)29(20)11-6-5-10-26-24(25)30/h12-15,20-21H,5-11H2,1-4H3,(H3,25,26,30)/t20-,21+. The van der Waals surface area contributed by atoms with Crippen LogP contribution in [0.3, 0.4) is 0 Å². The molecule has 0 aliphatic carbocycles. The third-order valence-electron chi connectivity index (χ3n) is 6.04. The molecule has 3 N–H and O–H groups in total. The van der Waals surface area contributed by atoms with Gasteiger partial charge in [0.1, 0.15) is 0 Å². The molecule has 6 heteroatoms. The van der Waals surface area contributed by atoms with Crippen LogP contribution < -0.4 is 11.1 Å². The van der Waals surface area contributed by atoms with Crippen molar-refractivity contribution in [3.05, 3.63) is 58.2 Å². The van der Waals surface area contributed by atoms with E-state index in [1.165, 1.54) is 40.1 Å². The Kier molecular flexibility index (Phi) is 7.43. The van der Waals surface area contributed by atoms with E-state index in [0.717, 1.165) is 32.2 Å². The first-order valence-corrected chi connectivity index (χ1v) is 11.0. The zero-order valence-corrected chi connectivity index (χ0v) is 18.7. The lowest BCUT2D eigenvalue weighted by Gasteiger charge is -2.42. The number of hydrogen-bond donors (Lipinski definition) is 2. The van der Waals surface area contributed by atoms with Crippen LogP contribution in [0.5, 0.6) is 0 Å². The molecule has 6 nitrogen and oxygen atoms in total. The monoisotopic (exact) mass is 409 g/mol. The van der Waals surface area contributed by atoms with Gasteiger partial charge in [-0.15, -0.1) is 0 Å². The summed E-state index contributed by atoms with van der Waals surface area (Å²) in [5.41, 5.74) is 12.5. The van der Waals surface area contributed by atoms with E-state index in [1.54, 1.807) is 0 Å². The van der Waals surface area contributed by atoms with Gasteiger partial charge in [-0.1, -0.05) is 12.1 Å². The topological polar surface area (TPSA) is 84.1 Å². The number of primary amides is 1. The first-order valence-electron chi connectivity index (χ1n) is 11.0. The number of piperidine rings is 1. The molecule has 0 saturated carbocycles. The Labute approximate surface area is 180 Å². The lowest BCUT2D eigenvalue weighted by Crippen LogP contribution is -2.39. The minimum atomic E-state index is -0.456. The summed E-state index contributed by atoms with van der Waals surface area (Å²) >= 11 is 0. The maximum absolute atomic E-state index is 11.0. The highest BCUT2D eigenvalue weighted by molar-refractivity contribution is 5.71. The fourth-order valence-electron chi connectivity index (χ4n) is 4.73. The van der Waals surface area contributed by atoms with E-state index in [-0.39, 0.29) is 12.1 Å². The average molecular weight is 410 g/mol. The van der Waals surface area contributed by atoms with E-state index in [1.807, 2.05) is 12.4 Å². The van der Waals surface area contributed by atoms with Crippen molar-refractivity contribution in [2.45, 2.75) is 71.9 Å². The molecular weight excluding hydrogens is 374 g/mol. The van der Waals surface area contributed by atoms with Crippen LogP contribution in [0.1, 0.15) is 77.8 Å². The van der Waals surface area contributed by atoms with Gasteiger partial charge < -0.3 is 11.1 Å². The van der Waals surface area contributed by atoms with Crippen LogP contribution in [0, 0.1) is 27.7 Å². The van der Waals surface area contributed by atoms with Crippen molar-refractivity contribution >= 4 is 6.03 Å². The molecular formula is C24H35N5O. The summed E-state index contributed by atoms with van der Waals surface area (Å²) in [4.78, 5) is 23.2. The minimum absolute atomic E-state index is 0.288. The predicted molar refractivity (Wildman–Crippen MR) is 120 cm³/mol. The molecule has 162 valence electrons. The number of rotatable bonds is 7. The molecule has 30 heavy (non-hydrogen) atoms. The first-order chi connectivity index (χ1) is 14.4. The molecule has 2 aromatic heterocycles. The number of carbonyl (C=O) groups excluding carboxylic acids is 1. The van der Waals surface area contributed by atoms with Gasteiger partial charge in [0.15, 0.2) is 0 Å². The highest BCUT2D eigenvalue weighted by Crippen LogP contribution is 2.42. The second kappa shape index (κ2) is 10.0. The SMILES string of the molecule is Cc1cnc([C@H]2CCC[C@@H](c3ncc(C)cc3C)N2CCCCNC(N)=O)c(C)c1. The van der Waals surface area contributed by atoms with Gasteiger partial charge in [0.05, 0.1) is 23.5 Å². The van der Waals surface area contributed by atoms with Gasteiger partial charge in [0.25, 0.3) is 0 Å². The number of likely N-dealkylation sites (tertiary alicyclic amines) is 1. The van der Waals surface area contributed by atoms with E-state index in [0.29, 0.717) is 6.54 Å². The lowest BCUT2D eigenvalue weighted by molar-refractivity contribution is 0.0743. The molecule has 0 spiro atoms. The van der Waals surface area contributed by atoms with Gasteiger partial charge in [-0.25, -0.2) is 4.79 Å². The highest BCUT2D eigenvalue weighted by atomic mass is 16.2. The number of aromatic nitrogens is 2. The van der Waals surface area contributed by atoms with E-state index in [9.17, 15) is 4.79 Å². The molecule has 0 unspecified atom stereocenters. The summed E-state index contributed by atoms with van der Waals surface area (Å²) in [5, 5.41) is 2.70. The summed E-state index contributed by atoms with van der Waals surface area (Å²) in [6.45, 7) is 10.1. The maximum atomic E-state index is 11.0. The van der Waals surface area contributed by atoms with Crippen molar-refractivity contribution in [2.24, 2.45) is 5.73 Å². The third kappa shape index (κ3) is 5.36. The molecule has 0 radical (unpaired) electrons. The fraction of sp³-hybridized carbons (Fsp3) is 0.542. The molecule has 1 aliphatic heterocycles. The zero-order chi connectivity index (χ0) is 21.7. The number of nitrogens with two attached hydrogens (primary N) is 1. The van der Waals surface area contributed by atoms with Crippen molar-refractivity contribution in [1.29, 1.82) is 0 Å². The number of hydrogen-bond acceptors (Lipinski definition) is 4. The maximum Gasteiger partial charge on any atom is 0.312 e. The summed E-state index contributed by atoms with van der Waals surface area (Å²) in [6.07, 6.45) is 9.24. The second-order valence-electron chi connectivity index (χ2n) is 8.63. The summed E-state index contributed by atoms with van der Waals surface area (Å²) in [6, 6.07) is 4.58. The molecule has 0 bridgehead atoms. The van der Waals surface area contributed by atoms with Gasteiger partial charge >= 0.3 is 6.03 Å². The second-order valence-corrected chi connectivity index (χ2v) is 8.63. The van der Waals surface area contributed by atoms with Crippen LogP contribution in [0.25, 0.3) is 0 Å². The molecule has 2 aromatic rings. The van der Waals surface area contributed by atoms with Gasteiger partial charge in [-0.2, -0.15) is 0 Å². The van der Waals surface area contributed by atoms with Gasteiger partial charge in [-0.3, -0.25) is 14.9 Å². The van der Waals surface area contributed by atoms with Crippen molar-refractivity contribution in [3.8, 4) is 0 Å². The molecule has 1 fully saturated rings. The largest absolute Gasteiger partial charge is 0.352 e. The molecule has 2 atom stereocenters. The number of unbranched alkanes of at least 4 members (excludes halogenated alkanes) is 1. The van der Waals surface area contributed by atoms with E-state index in [2.05, 4.69) is 50.0 Å². The number of amides is 2. The smallest absolute Gasteiger partial charge is 0.312 e. The molecule has 1 saturated heterocycles. The number of nitrogens with zero attached hydrogens (tertiary/aromatic N) is 3. The Hall–Kier alpha value is -2.47. The Morgan fingerprint density at radius 1 is 1.00 bits per heavy atom. The van der Waals surface area contributed by atoms with E-state index in [4.69, 9.17) is 15.7 Å². The van der Waals surface area contributed by atoms with Gasteiger partial charge in [-0.05, 0) is 88.6 Å². The fourth-order valence-corrected chi connectivity index (χ4v) is 4.73. The Morgan fingerprint density at radius 3 is 2.00 bits per heavy atom. The van der Waals surface area contributed by atoms with Crippen molar-refractivity contribution in [1.82, 2.24) is 20.2 Å². The number of carbonyl (C=O) groups is 1. The quantitative estimate of drug-likeness (QED) is 0.663. The molecule has 3 heterocycles. The van der Waals surface area contributed by atoms with Crippen LogP contribution >= 0.6 is 0 Å². The predicted octanol–water partition coefficient (Wildman–Crippen LogP) is 4.43. The number of nitrogens with one attached hydrogen (secondary N) is 1. The van der Waals surface area contributed by atoms with Crippen molar-refractivity contribution in [3.63, 3.8) is 0 Å². The van der Waals surface area contributed by atoms with Crippen LogP contribution in [0.2, 0.25) is 0 Å². The zero-order valence-electron chi connectivity index (χ0n) is 18.7.